The lowest BCUT2D eigenvalue weighted by atomic mass is 10.1. The molecular weight excluding hydrogens is 234 g/mol. The van der Waals surface area contributed by atoms with Crippen LogP contribution in [0.15, 0.2) is 0 Å². The molecule has 0 saturated carbocycles. The van der Waals surface area contributed by atoms with E-state index < -0.39 is 0 Å². The predicted octanol–water partition coefficient (Wildman–Crippen LogP) is -1.21. The lowest BCUT2D eigenvalue weighted by molar-refractivity contribution is -0.159. The summed E-state index contributed by atoms with van der Waals surface area (Å²) in [5.74, 6) is -0.716. The first kappa shape index (κ1) is 13.3. The van der Waals surface area contributed by atoms with Crippen LogP contribution in [0.25, 0.3) is 0 Å². The van der Waals surface area contributed by atoms with E-state index in [0.29, 0.717) is 19.6 Å². The van der Waals surface area contributed by atoms with Gasteiger partial charge in [-0.15, -0.1) is 0 Å². The molecule has 1 atom stereocenters. The number of carbonyl (C=O) groups is 2. The van der Waals surface area contributed by atoms with Crippen LogP contribution in [0.2, 0.25) is 0 Å². The van der Waals surface area contributed by atoms with Crippen LogP contribution in [-0.2, 0) is 9.59 Å². The monoisotopic (exact) mass is 255 g/mol. The molecule has 0 aromatic carbocycles. The van der Waals surface area contributed by atoms with E-state index in [1.54, 1.807) is 9.80 Å². The summed E-state index contributed by atoms with van der Waals surface area (Å²) in [6, 6.07) is 0.127. The van der Waals surface area contributed by atoms with Gasteiger partial charge in [0.2, 0.25) is 0 Å². The van der Waals surface area contributed by atoms with Crippen LogP contribution in [0.1, 0.15) is 19.3 Å². The van der Waals surface area contributed by atoms with Crippen molar-refractivity contribution in [1.82, 2.24) is 15.1 Å². The minimum absolute atomic E-state index is 0.127. The highest BCUT2D eigenvalue weighted by atomic mass is 16.3. The molecule has 2 saturated heterocycles. The minimum Gasteiger partial charge on any atom is -0.396 e. The van der Waals surface area contributed by atoms with Crippen molar-refractivity contribution >= 4 is 11.8 Å². The smallest absolute Gasteiger partial charge is 0.312 e. The molecule has 0 aliphatic carbocycles. The molecule has 2 rings (SSSR count). The Labute approximate surface area is 107 Å². The second kappa shape index (κ2) is 6.15. The van der Waals surface area contributed by atoms with E-state index in [-0.39, 0.29) is 24.5 Å². The van der Waals surface area contributed by atoms with Gasteiger partial charge in [-0.25, -0.2) is 0 Å². The van der Waals surface area contributed by atoms with E-state index in [4.69, 9.17) is 5.11 Å². The number of carbonyl (C=O) groups excluding carboxylic acids is 2. The summed E-state index contributed by atoms with van der Waals surface area (Å²) in [6.45, 7) is 3.62. The molecule has 0 aromatic heterocycles. The normalized spacial score (nSPS) is 24.4. The Bertz CT molecular complexity index is 322. The lowest BCUT2D eigenvalue weighted by Crippen LogP contribution is -2.65. The summed E-state index contributed by atoms with van der Waals surface area (Å²) in [7, 11) is 0. The molecule has 0 spiro atoms. The Morgan fingerprint density at radius 2 is 2.06 bits per heavy atom. The summed E-state index contributed by atoms with van der Waals surface area (Å²) in [4.78, 5) is 27.2. The minimum atomic E-state index is -0.364. The van der Waals surface area contributed by atoms with E-state index in [0.717, 1.165) is 32.4 Å². The van der Waals surface area contributed by atoms with Gasteiger partial charge < -0.3 is 20.2 Å². The Kier molecular flexibility index (Phi) is 4.54. The summed E-state index contributed by atoms with van der Waals surface area (Å²) < 4.78 is 0. The fraction of sp³-hybridized carbons (Fsp3) is 0.833. The summed E-state index contributed by atoms with van der Waals surface area (Å²) in [5.41, 5.74) is 0. The molecule has 6 heteroatoms. The standard InChI is InChI=1S/C12H21N3O3/c16-7-3-1-2-5-14-9-10-8-13-4-6-15(10)12(18)11(14)17/h10,13,16H,1-9H2. The van der Waals surface area contributed by atoms with Crippen molar-refractivity contribution in [3.63, 3.8) is 0 Å². The van der Waals surface area contributed by atoms with Crippen molar-refractivity contribution in [1.29, 1.82) is 0 Å². The van der Waals surface area contributed by atoms with Crippen LogP contribution in [0.4, 0.5) is 0 Å². The first-order valence-electron chi connectivity index (χ1n) is 6.65. The summed E-state index contributed by atoms with van der Waals surface area (Å²) in [6.07, 6.45) is 2.49. The number of nitrogens with one attached hydrogen (secondary N) is 1. The number of unbranched alkanes of at least 4 members (excludes halogenated alkanes) is 2. The molecule has 102 valence electrons. The molecule has 2 amide bonds. The predicted molar refractivity (Wildman–Crippen MR) is 65.9 cm³/mol. The topological polar surface area (TPSA) is 72.9 Å². The zero-order valence-corrected chi connectivity index (χ0v) is 10.6. The number of hydrogen-bond acceptors (Lipinski definition) is 4. The van der Waals surface area contributed by atoms with E-state index in [2.05, 4.69) is 5.32 Å². The van der Waals surface area contributed by atoms with Gasteiger partial charge in [0.15, 0.2) is 0 Å². The number of amides is 2. The van der Waals surface area contributed by atoms with E-state index in [1.165, 1.54) is 0 Å². The number of hydrogen-bond donors (Lipinski definition) is 2. The number of rotatable bonds is 5. The highest BCUT2D eigenvalue weighted by Crippen LogP contribution is 2.14. The molecule has 6 nitrogen and oxygen atoms in total. The Hall–Kier alpha value is -1.14. The van der Waals surface area contributed by atoms with Crippen LogP contribution in [-0.4, -0.2) is 72.1 Å². The van der Waals surface area contributed by atoms with Crippen LogP contribution in [0, 0.1) is 0 Å². The average molecular weight is 255 g/mol. The van der Waals surface area contributed by atoms with Crippen molar-refractivity contribution in [2.45, 2.75) is 25.3 Å². The van der Waals surface area contributed by atoms with Crippen LogP contribution < -0.4 is 5.32 Å². The Balaban J connectivity index is 1.88. The van der Waals surface area contributed by atoms with E-state index >= 15 is 0 Å². The van der Waals surface area contributed by atoms with Gasteiger partial charge in [0.05, 0.1) is 6.04 Å². The number of aliphatic hydroxyl groups is 1. The third-order valence-electron chi connectivity index (χ3n) is 3.60. The lowest BCUT2D eigenvalue weighted by Gasteiger charge is -2.43. The number of aliphatic hydroxyl groups excluding tert-OH is 1. The van der Waals surface area contributed by atoms with Crippen molar-refractivity contribution < 1.29 is 14.7 Å². The zero-order valence-electron chi connectivity index (χ0n) is 10.6. The summed E-state index contributed by atoms with van der Waals surface area (Å²) in [5, 5.41) is 12.0. The number of piperazine rings is 2. The van der Waals surface area contributed by atoms with Gasteiger partial charge in [-0.2, -0.15) is 0 Å². The molecule has 0 radical (unpaired) electrons. The quantitative estimate of drug-likeness (QED) is 0.478. The average Bonchev–Trinajstić information content (AvgIpc) is 2.40. The van der Waals surface area contributed by atoms with Crippen LogP contribution >= 0.6 is 0 Å². The van der Waals surface area contributed by atoms with Gasteiger partial charge in [-0.3, -0.25) is 9.59 Å². The Morgan fingerprint density at radius 3 is 2.83 bits per heavy atom. The molecule has 0 bridgehead atoms. The van der Waals surface area contributed by atoms with Gasteiger partial charge in [0.25, 0.3) is 0 Å². The highest BCUT2D eigenvalue weighted by Gasteiger charge is 2.39. The molecule has 2 aliphatic rings. The van der Waals surface area contributed by atoms with Gasteiger partial charge in [-0.05, 0) is 19.3 Å². The third kappa shape index (κ3) is 2.81. The van der Waals surface area contributed by atoms with Crippen LogP contribution in [0.3, 0.4) is 0 Å². The molecule has 1 unspecified atom stereocenters. The maximum Gasteiger partial charge on any atom is 0.312 e. The molecule has 2 N–H and O–H groups in total. The molecular formula is C12H21N3O3. The second-order valence-corrected chi connectivity index (χ2v) is 4.89. The SMILES string of the molecule is O=C1C(=O)N2CCNCC2CN1CCCCCO. The molecule has 2 fully saturated rings. The third-order valence-corrected chi connectivity index (χ3v) is 3.60. The molecule has 2 heterocycles. The van der Waals surface area contributed by atoms with Gasteiger partial charge in [-0.1, -0.05) is 0 Å². The molecule has 2 aliphatic heterocycles. The van der Waals surface area contributed by atoms with Crippen molar-refractivity contribution in [3.8, 4) is 0 Å². The zero-order chi connectivity index (χ0) is 13.0. The van der Waals surface area contributed by atoms with Gasteiger partial charge in [0, 0.05) is 39.3 Å². The maximum absolute atomic E-state index is 11.9. The Morgan fingerprint density at radius 1 is 1.22 bits per heavy atom. The fourth-order valence-corrected chi connectivity index (χ4v) is 2.57. The van der Waals surface area contributed by atoms with Crippen molar-refractivity contribution in [2.75, 3.05) is 39.3 Å². The van der Waals surface area contributed by atoms with Crippen LogP contribution in [0.5, 0.6) is 0 Å². The first-order valence-corrected chi connectivity index (χ1v) is 6.65. The largest absolute Gasteiger partial charge is 0.396 e. The summed E-state index contributed by atoms with van der Waals surface area (Å²) >= 11 is 0. The number of nitrogens with zero attached hydrogens (tertiary/aromatic N) is 2. The van der Waals surface area contributed by atoms with E-state index in [9.17, 15) is 9.59 Å². The second-order valence-electron chi connectivity index (χ2n) is 4.89. The number of fused-ring (bicyclic) bond motifs is 1. The molecule has 0 aromatic rings. The van der Waals surface area contributed by atoms with E-state index in [1.807, 2.05) is 0 Å². The van der Waals surface area contributed by atoms with Crippen molar-refractivity contribution in [2.24, 2.45) is 0 Å². The maximum atomic E-state index is 11.9. The van der Waals surface area contributed by atoms with Gasteiger partial charge >= 0.3 is 11.8 Å². The van der Waals surface area contributed by atoms with Gasteiger partial charge in [0.1, 0.15) is 0 Å². The molecule has 18 heavy (non-hydrogen) atoms. The van der Waals surface area contributed by atoms with Crippen molar-refractivity contribution in [3.05, 3.63) is 0 Å². The fourth-order valence-electron chi connectivity index (χ4n) is 2.57. The first-order chi connectivity index (χ1) is 8.74. The highest BCUT2D eigenvalue weighted by molar-refractivity contribution is 6.35.